The van der Waals surface area contributed by atoms with Crippen molar-refractivity contribution in [2.75, 3.05) is 19.0 Å². The summed E-state index contributed by atoms with van der Waals surface area (Å²) in [7, 11) is 1.23. The van der Waals surface area contributed by atoms with E-state index >= 15 is 0 Å². The fraction of sp³-hybridized carbons (Fsp3) is 0.176. The number of carbonyl (C=O) groups excluding carboxylic acids is 2. The summed E-state index contributed by atoms with van der Waals surface area (Å²) in [6, 6.07) is 5.40. The number of nitrogens with one attached hydrogen (secondary N) is 1. The van der Waals surface area contributed by atoms with Gasteiger partial charge in [0.15, 0.2) is 29.8 Å². The molecule has 0 saturated heterocycles. The number of methoxy groups -OCH3 is 1. The Kier molecular flexibility index (Phi) is 5.63. The molecule has 0 saturated carbocycles. The van der Waals surface area contributed by atoms with Crippen molar-refractivity contribution >= 4 is 17.6 Å². The van der Waals surface area contributed by atoms with E-state index in [0.29, 0.717) is 23.4 Å². The summed E-state index contributed by atoms with van der Waals surface area (Å²) >= 11 is 0. The van der Waals surface area contributed by atoms with Crippen molar-refractivity contribution in [3.8, 4) is 5.75 Å². The molecular weight excluding hydrogens is 339 g/mol. The van der Waals surface area contributed by atoms with Gasteiger partial charge in [-0.25, -0.2) is 18.0 Å². The monoisotopic (exact) mass is 353 g/mol. The van der Waals surface area contributed by atoms with Crippen molar-refractivity contribution < 1.29 is 32.2 Å². The predicted octanol–water partition coefficient (Wildman–Crippen LogP) is 3.22. The van der Waals surface area contributed by atoms with Crippen LogP contribution < -0.4 is 10.1 Å². The summed E-state index contributed by atoms with van der Waals surface area (Å²) < 4.78 is 48.8. The van der Waals surface area contributed by atoms with E-state index in [-0.39, 0.29) is 5.56 Å². The molecule has 0 spiro atoms. The van der Waals surface area contributed by atoms with Crippen molar-refractivity contribution in [3.05, 3.63) is 58.9 Å². The fourth-order valence-corrected chi connectivity index (χ4v) is 1.95. The molecule has 0 fully saturated rings. The van der Waals surface area contributed by atoms with Crippen LogP contribution >= 0.6 is 0 Å². The molecule has 2 aromatic carbocycles. The molecule has 0 bridgehead atoms. The number of benzene rings is 2. The lowest BCUT2D eigenvalue weighted by Crippen LogP contribution is -2.21. The van der Waals surface area contributed by atoms with Gasteiger partial charge in [0, 0.05) is 17.8 Å². The molecule has 2 rings (SSSR count). The summed E-state index contributed by atoms with van der Waals surface area (Å²) in [5.41, 5.74) is 1.23. The number of carbonyl (C=O) groups is 2. The number of hydrogen-bond acceptors (Lipinski definition) is 4. The first-order valence-corrected chi connectivity index (χ1v) is 7.08. The molecule has 0 unspecified atom stereocenters. The van der Waals surface area contributed by atoms with Crippen LogP contribution in [0.25, 0.3) is 0 Å². The summed E-state index contributed by atoms with van der Waals surface area (Å²) in [4.78, 5) is 23.4. The lowest BCUT2D eigenvalue weighted by atomic mass is 10.1. The third kappa shape index (κ3) is 4.50. The summed E-state index contributed by atoms with van der Waals surface area (Å²) in [6.45, 7) is 1.07. The van der Waals surface area contributed by atoms with Crippen LogP contribution in [0.3, 0.4) is 0 Å². The minimum absolute atomic E-state index is 0.232. The standard InChI is InChI=1S/C17H14F3NO4/c1-9-3-4-10(17(23)24-2)5-14(9)21-16(22)8-25-15-7-12(19)11(18)6-13(15)20/h3-7H,8H2,1-2H3,(H,21,22). The zero-order chi connectivity index (χ0) is 18.6. The van der Waals surface area contributed by atoms with Gasteiger partial charge in [-0.3, -0.25) is 4.79 Å². The molecule has 8 heteroatoms. The van der Waals surface area contributed by atoms with Crippen molar-refractivity contribution in [2.45, 2.75) is 6.92 Å². The van der Waals surface area contributed by atoms with Gasteiger partial charge >= 0.3 is 5.97 Å². The summed E-state index contributed by atoms with van der Waals surface area (Å²) in [6.07, 6.45) is 0. The van der Waals surface area contributed by atoms with E-state index in [1.54, 1.807) is 13.0 Å². The maximum atomic E-state index is 13.4. The average Bonchev–Trinajstić information content (AvgIpc) is 2.58. The lowest BCUT2D eigenvalue weighted by Gasteiger charge is -2.11. The Balaban J connectivity index is 2.06. The molecule has 0 radical (unpaired) electrons. The molecule has 25 heavy (non-hydrogen) atoms. The van der Waals surface area contributed by atoms with Crippen molar-refractivity contribution in [1.82, 2.24) is 0 Å². The molecule has 1 N–H and O–H groups in total. The van der Waals surface area contributed by atoms with Gasteiger partial charge < -0.3 is 14.8 Å². The first kappa shape index (κ1) is 18.3. The molecular formula is C17H14F3NO4. The van der Waals surface area contributed by atoms with Crippen LogP contribution in [0.4, 0.5) is 18.9 Å². The van der Waals surface area contributed by atoms with Gasteiger partial charge in [-0.1, -0.05) is 6.07 Å². The van der Waals surface area contributed by atoms with Gasteiger partial charge in [0.2, 0.25) is 0 Å². The average molecular weight is 353 g/mol. The SMILES string of the molecule is COC(=O)c1ccc(C)c(NC(=O)COc2cc(F)c(F)cc2F)c1. The van der Waals surface area contributed by atoms with Gasteiger partial charge in [-0.05, 0) is 24.6 Å². The number of ether oxygens (including phenoxy) is 2. The van der Waals surface area contributed by atoms with E-state index in [1.165, 1.54) is 19.2 Å². The number of esters is 1. The highest BCUT2D eigenvalue weighted by molar-refractivity contribution is 5.95. The Hall–Kier alpha value is -3.03. The molecule has 0 aromatic heterocycles. The number of anilines is 1. The van der Waals surface area contributed by atoms with Gasteiger partial charge in [-0.15, -0.1) is 0 Å². The van der Waals surface area contributed by atoms with E-state index in [4.69, 9.17) is 4.74 Å². The normalized spacial score (nSPS) is 10.3. The minimum atomic E-state index is -1.36. The molecule has 0 heterocycles. The van der Waals surface area contributed by atoms with E-state index in [1.807, 2.05) is 0 Å². The van der Waals surface area contributed by atoms with Crippen LogP contribution in [0, 0.1) is 24.4 Å². The topological polar surface area (TPSA) is 64.6 Å². The van der Waals surface area contributed by atoms with E-state index in [0.717, 1.165) is 0 Å². The predicted molar refractivity (Wildman–Crippen MR) is 83.0 cm³/mol. The smallest absolute Gasteiger partial charge is 0.337 e. The Morgan fingerprint density at radius 1 is 1.04 bits per heavy atom. The second-order valence-electron chi connectivity index (χ2n) is 5.05. The third-order valence-corrected chi connectivity index (χ3v) is 3.27. The van der Waals surface area contributed by atoms with Crippen molar-refractivity contribution in [1.29, 1.82) is 0 Å². The maximum absolute atomic E-state index is 13.4. The number of rotatable bonds is 5. The van der Waals surface area contributed by atoms with Crippen LogP contribution in [0.2, 0.25) is 0 Å². The third-order valence-electron chi connectivity index (χ3n) is 3.27. The molecule has 2 aromatic rings. The Morgan fingerprint density at radius 3 is 2.40 bits per heavy atom. The second kappa shape index (κ2) is 7.69. The molecule has 0 aliphatic heterocycles. The van der Waals surface area contributed by atoms with Crippen LogP contribution in [-0.2, 0) is 9.53 Å². The molecule has 0 aliphatic rings. The van der Waals surface area contributed by atoms with Gasteiger partial charge in [0.05, 0.1) is 12.7 Å². The highest BCUT2D eigenvalue weighted by Crippen LogP contribution is 2.21. The zero-order valence-corrected chi connectivity index (χ0v) is 13.4. The largest absolute Gasteiger partial charge is 0.481 e. The number of hydrogen-bond donors (Lipinski definition) is 1. The van der Waals surface area contributed by atoms with Crippen molar-refractivity contribution in [2.24, 2.45) is 0 Å². The molecule has 1 amide bonds. The first-order chi connectivity index (χ1) is 11.8. The van der Waals surface area contributed by atoms with Crippen LogP contribution in [0.5, 0.6) is 5.75 Å². The quantitative estimate of drug-likeness (QED) is 0.662. The van der Waals surface area contributed by atoms with Gasteiger partial charge in [0.25, 0.3) is 5.91 Å². The van der Waals surface area contributed by atoms with Gasteiger partial charge in [-0.2, -0.15) is 0 Å². The maximum Gasteiger partial charge on any atom is 0.337 e. The molecule has 0 atom stereocenters. The highest BCUT2D eigenvalue weighted by Gasteiger charge is 2.14. The van der Waals surface area contributed by atoms with E-state index in [2.05, 4.69) is 10.1 Å². The number of aryl methyl sites for hydroxylation is 1. The number of halogens is 3. The Bertz CT molecular complexity index is 824. The first-order valence-electron chi connectivity index (χ1n) is 7.08. The molecule has 5 nitrogen and oxygen atoms in total. The molecule has 132 valence electrons. The van der Waals surface area contributed by atoms with Crippen LogP contribution in [-0.4, -0.2) is 25.6 Å². The summed E-state index contributed by atoms with van der Waals surface area (Å²) in [5.74, 6) is -5.61. The van der Waals surface area contributed by atoms with E-state index < -0.39 is 41.7 Å². The van der Waals surface area contributed by atoms with Crippen molar-refractivity contribution in [3.63, 3.8) is 0 Å². The lowest BCUT2D eigenvalue weighted by molar-refractivity contribution is -0.118. The Morgan fingerprint density at radius 2 is 1.72 bits per heavy atom. The molecule has 0 aliphatic carbocycles. The van der Waals surface area contributed by atoms with E-state index in [9.17, 15) is 22.8 Å². The fourth-order valence-electron chi connectivity index (χ4n) is 1.95. The highest BCUT2D eigenvalue weighted by atomic mass is 19.2. The zero-order valence-electron chi connectivity index (χ0n) is 13.4. The van der Waals surface area contributed by atoms with Crippen LogP contribution in [0.15, 0.2) is 30.3 Å². The van der Waals surface area contributed by atoms with Gasteiger partial charge in [0.1, 0.15) is 0 Å². The Labute approximate surface area is 141 Å². The second-order valence-corrected chi connectivity index (χ2v) is 5.05. The minimum Gasteiger partial charge on any atom is -0.481 e. The number of amides is 1. The van der Waals surface area contributed by atoms with Crippen LogP contribution in [0.1, 0.15) is 15.9 Å². The summed E-state index contributed by atoms with van der Waals surface area (Å²) in [5, 5.41) is 2.48.